The summed E-state index contributed by atoms with van der Waals surface area (Å²) in [7, 11) is 0. The maximum absolute atomic E-state index is 12.1. The average Bonchev–Trinajstić information content (AvgIpc) is 3.16. The fourth-order valence-electron chi connectivity index (χ4n) is 2.31. The summed E-state index contributed by atoms with van der Waals surface area (Å²) in [6.07, 6.45) is 0. The standard InChI is InChI=1S/C19H21N5O2S/c1-14(2)24-19(21-22-23-24)27-13-18(25)20-16-8-10-17(11-9-16)26-12-15-6-4-3-5-7-15/h3-11,14H,12-13H2,1-2H3,(H,20,25). The summed E-state index contributed by atoms with van der Waals surface area (Å²) in [5.74, 6) is 0.873. The quantitative estimate of drug-likeness (QED) is 0.599. The van der Waals surface area contributed by atoms with Gasteiger partial charge in [0.15, 0.2) is 0 Å². The Morgan fingerprint density at radius 3 is 2.59 bits per heavy atom. The second kappa shape index (κ2) is 9.18. The molecule has 0 radical (unpaired) electrons. The van der Waals surface area contributed by atoms with Gasteiger partial charge in [-0.05, 0) is 54.1 Å². The van der Waals surface area contributed by atoms with E-state index in [1.165, 1.54) is 11.8 Å². The van der Waals surface area contributed by atoms with Crippen LogP contribution in [0.4, 0.5) is 5.69 Å². The van der Waals surface area contributed by atoms with Crippen molar-refractivity contribution in [2.24, 2.45) is 0 Å². The van der Waals surface area contributed by atoms with Crippen molar-refractivity contribution in [1.29, 1.82) is 0 Å². The maximum Gasteiger partial charge on any atom is 0.234 e. The molecule has 0 fully saturated rings. The average molecular weight is 383 g/mol. The highest BCUT2D eigenvalue weighted by molar-refractivity contribution is 7.99. The molecule has 1 amide bonds. The number of nitrogens with one attached hydrogen (secondary N) is 1. The molecule has 2 aromatic carbocycles. The summed E-state index contributed by atoms with van der Waals surface area (Å²) < 4.78 is 7.43. The van der Waals surface area contributed by atoms with Gasteiger partial charge in [0.2, 0.25) is 11.1 Å². The first kappa shape index (κ1) is 18.9. The van der Waals surface area contributed by atoms with Gasteiger partial charge in [-0.15, -0.1) is 5.10 Å². The summed E-state index contributed by atoms with van der Waals surface area (Å²) in [6.45, 7) is 4.48. The van der Waals surface area contributed by atoms with E-state index in [2.05, 4.69) is 20.8 Å². The third-order valence-electron chi connectivity index (χ3n) is 3.67. The predicted octanol–water partition coefficient (Wildman–Crippen LogP) is 3.56. The normalized spacial score (nSPS) is 10.8. The molecule has 3 aromatic rings. The van der Waals surface area contributed by atoms with Crippen molar-refractivity contribution in [3.8, 4) is 5.75 Å². The third-order valence-corrected chi connectivity index (χ3v) is 4.60. The van der Waals surface area contributed by atoms with Gasteiger partial charge in [-0.2, -0.15) is 0 Å². The van der Waals surface area contributed by atoms with Gasteiger partial charge in [-0.3, -0.25) is 4.79 Å². The van der Waals surface area contributed by atoms with E-state index in [1.54, 1.807) is 4.68 Å². The number of nitrogens with zero attached hydrogens (tertiary/aromatic N) is 4. The number of thioether (sulfide) groups is 1. The highest BCUT2D eigenvalue weighted by Gasteiger charge is 2.12. The largest absolute Gasteiger partial charge is 0.489 e. The Balaban J connectivity index is 1.47. The lowest BCUT2D eigenvalue weighted by molar-refractivity contribution is -0.113. The summed E-state index contributed by atoms with van der Waals surface area (Å²) in [5.41, 5.74) is 1.83. The fraction of sp³-hybridized carbons (Fsp3) is 0.263. The molecule has 0 saturated heterocycles. The molecule has 0 aliphatic rings. The zero-order chi connectivity index (χ0) is 19.1. The lowest BCUT2D eigenvalue weighted by atomic mass is 10.2. The van der Waals surface area contributed by atoms with E-state index < -0.39 is 0 Å². The number of hydrogen-bond acceptors (Lipinski definition) is 6. The van der Waals surface area contributed by atoms with Crippen LogP contribution >= 0.6 is 11.8 Å². The second-order valence-corrected chi connectivity index (χ2v) is 7.08. The van der Waals surface area contributed by atoms with E-state index in [0.717, 1.165) is 17.0 Å². The van der Waals surface area contributed by atoms with E-state index in [-0.39, 0.29) is 17.7 Å². The molecule has 27 heavy (non-hydrogen) atoms. The fourth-order valence-corrected chi connectivity index (χ4v) is 3.11. The monoisotopic (exact) mass is 383 g/mol. The van der Waals surface area contributed by atoms with Crippen molar-refractivity contribution in [1.82, 2.24) is 20.2 Å². The van der Waals surface area contributed by atoms with Gasteiger partial charge in [-0.25, -0.2) is 4.68 Å². The highest BCUT2D eigenvalue weighted by atomic mass is 32.2. The highest BCUT2D eigenvalue weighted by Crippen LogP contribution is 2.19. The van der Waals surface area contributed by atoms with Gasteiger partial charge >= 0.3 is 0 Å². The Hall–Kier alpha value is -2.87. The predicted molar refractivity (Wildman–Crippen MR) is 105 cm³/mol. The summed E-state index contributed by atoms with van der Waals surface area (Å²) in [4.78, 5) is 12.1. The van der Waals surface area contributed by atoms with Crippen molar-refractivity contribution >= 4 is 23.4 Å². The van der Waals surface area contributed by atoms with Crippen molar-refractivity contribution in [3.05, 3.63) is 60.2 Å². The molecule has 0 aliphatic heterocycles. The van der Waals surface area contributed by atoms with Crippen molar-refractivity contribution < 1.29 is 9.53 Å². The maximum atomic E-state index is 12.1. The number of aromatic nitrogens is 4. The molecule has 1 N–H and O–H groups in total. The van der Waals surface area contributed by atoms with Crippen molar-refractivity contribution in [2.45, 2.75) is 31.7 Å². The summed E-state index contributed by atoms with van der Waals surface area (Å²) in [5, 5.41) is 15.0. The molecule has 1 aromatic heterocycles. The first-order valence-electron chi connectivity index (χ1n) is 8.59. The van der Waals surface area contributed by atoms with Crippen LogP contribution in [0.25, 0.3) is 0 Å². The van der Waals surface area contributed by atoms with Gasteiger partial charge < -0.3 is 10.1 Å². The topological polar surface area (TPSA) is 81.9 Å². The number of ether oxygens (including phenoxy) is 1. The molecule has 0 unspecified atom stereocenters. The molecule has 3 rings (SSSR count). The number of anilines is 1. The number of carbonyl (C=O) groups excluding carboxylic acids is 1. The molecule has 0 atom stereocenters. The van der Waals surface area contributed by atoms with E-state index >= 15 is 0 Å². The minimum atomic E-state index is -0.115. The van der Waals surface area contributed by atoms with Gasteiger partial charge in [-0.1, -0.05) is 42.1 Å². The second-order valence-electron chi connectivity index (χ2n) is 6.14. The van der Waals surface area contributed by atoms with Gasteiger partial charge in [0.1, 0.15) is 12.4 Å². The number of carbonyl (C=O) groups is 1. The van der Waals surface area contributed by atoms with Crippen LogP contribution in [0.1, 0.15) is 25.5 Å². The molecular formula is C19H21N5O2S. The van der Waals surface area contributed by atoms with E-state index in [0.29, 0.717) is 11.8 Å². The number of rotatable bonds is 8. The van der Waals surface area contributed by atoms with Crippen LogP contribution in [0.3, 0.4) is 0 Å². The van der Waals surface area contributed by atoms with Crippen LogP contribution in [0.5, 0.6) is 5.75 Å². The van der Waals surface area contributed by atoms with Crippen LogP contribution < -0.4 is 10.1 Å². The first-order chi connectivity index (χ1) is 13.1. The van der Waals surface area contributed by atoms with Crippen LogP contribution in [-0.2, 0) is 11.4 Å². The number of benzene rings is 2. The molecule has 0 saturated carbocycles. The SMILES string of the molecule is CC(C)n1nnnc1SCC(=O)Nc1ccc(OCc2ccccc2)cc1. The minimum absolute atomic E-state index is 0.115. The molecule has 1 heterocycles. The zero-order valence-electron chi connectivity index (χ0n) is 15.2. The summed E-state index contributed by atoms with van der Waals surface area (Å²) >= 11 is 1.31. The Kier molecular flexibility index (Phi) is 6.43. The van der Waals surface area contributed by atoms with E-state index in [9.17, 15) is 4.79 Å². The van der Waals surface area contributed by atoms with Crippen LogP contribution in [0.15, 0.2) is 59.8 Å². The molecule has 0 bridgehead atoms. The molecular weight excluding hydrogens is 362 g/mol. The molecule has 140 valence electrons. The Morgan fingerprint density at radius 1 is 1.15 bits per heavy atom. The van der Waals surface area contributed by atoms with E-state index in [4.69, 9.17) is 4.74 Å². The number of tetrazole rings is 1. The van der Waals surface area contributed by atoms with Gasteiger partial charge in [0.05, 0.1) is 11.8 Å². The van der Waals surface area contributed by atoms with Gasteiger partial charge in [0, 0.05) is 5.69 Å². The summed E-state index contributed by atoms with van der Waals surface area (Å²) in [6, 6.07) is 17.4. The number of amides is 1. The molecule has 8 heteroatoms. The Morgan fingerprint density at radius 2 is 1.89 bits per heavy atom. The lowest BCUT2D eigenvalue weighted by Crippen LogP contribution is -2.15. The lowest BCUT2D eigenvalue weighted by Gasteiger charge is -2.09. The van der Waals surface area contributed by atoms with Crippen LogP contribution in [0, 0.1) is 0 Å². The molecule has 7 nitrogen and oxygen atoms in total. The van der Waals surface area contributed by atoms with Crippen molar-refractivity contribution in [2.75, 3.05) is 11.1 Å². The van der Waals surface area contributed by atoms with Crippen molar-refractivity contribution in [3.63, 3.8) is 0 Å². The smallest absolute Gasteiger partial charge is 0.234 e. The Labute approximate surface area is 162 Å². The molecule has 0 spiro atoms. The zero-order valence-corrected chi connectivity index (χ0v) is 16.0. The van der Waals surface area contributed by atoms with Crippen LogP contribution in [-0.4, -0.2) is 31.9 Å². The Bertz CT molecular complexity index is 865. The number of hydrogen-bond donors (Lipinski definition) is 1. The van der Waals surface area contributed by atoms with E-state index in [1.807, 2.05) is 68.4 Å². The first-order valence-corrected chi connectivity index (χ1v) is 9.57. The third kappa shape index (κ3) is 5.55. The van der Waals surface area contributed by atoms with Gasteiger partial charge in [0.25, 0.3) is 0 Å². The molecule has 0 aliphatic carbocycles. The minimum Gasteiger partial charge on any atom is -0.489 e. The van der Waals surface area contributed by atoms with Crippen LogP contribution in [0.2, 0.25) is 0 Å².